The van der Waals surface area contributed by atoms with Crippen LogP contribution < -0.4 is 4.72 Å². The van der Waals surface area contributed by atoms with Gasteiger partial charge in [-0.05, 0) is 13.8 Å². The Hall–Kier alpha value is -0.590. The van der Waals surface area contributed by atoms with Gasteiger partial charge in [-0.15, -0.1) is 11.6 Å². The predicted octanol–water partition coefficient (Wildman–Crippen LogP) is 1.16. The van der Waals surface area contributed by atoms with Crippen LogP contribution in [0.15, 0.2) is 10.6 Å². The standard InChI is InChI=1S/C7H11ClN2O3S/c1-5-3-9-7(13-5)6(2)10-14(11,12)4-8/h3,6,10H,4H2,1-2H3. The maximum atomic E-state index is 11.1. The summed E-state index contributed by atoms with van der Waals surface area (Å²) in [6.45, 7) is 3.37. The average Bonchev–Trinajstić information content (AvgIpc) is 2.51. The van der Waals surface area contributed by atoms with Gasteiger partial charge in [-0.25, -0.2) is 18.1 Å². The smallest absolute Gasteiger partial charge is 0.226 e. The highest BCUT2D eigenvalue weighted by atomic mass is 35.5. The molecule has 1 N–H and O–H groups in total. The molecule has 1 unspecified atom stereocenters. The molecule has 0 fully saturated rings. The van der Waals surface area contributed by atoms with Crippen LogP contribution in [0, 0.1) is 6.92 Å². The van der Waals surface area contributed by atoms with Crippen molar-refractivity contribution in [2.75, 3.05) is 5.21 Å². The number of hydrogen-bond donors (Lipinski definition) is 1. The third-order valence-corrected chi connectivity index (χ3v) is 3.37. The van der Waals surface area contributed by atoms with Crippen LogP contribution in [0.3, 0.4) is 0 Å². The van der Waals surface area contributed by atoms with Gasteiger partial charge in [-0.3, -0.25) is 0 Å². The summed E-state index contributed by atoms with van der Waals surface area (Å²) >= 11 is 5.23. The van der Waals surface area contributed by atoms with E-state index in [1.165, 1.54) is 6.20 Å². The molecule has 0 bridgehead atoms. The van der Waals surface area contributed by atoms with Crippen molar-refractivity contribution in [3.63, 3.8) is 0 Å². The first-order chi connectivity index (χ1) is 6.44. The van der Waals surface area contributed by atoms with Crippen molar-refractivity contribution in [1.29, 1.82) is 0 Å². The number of sulfonamides is 1. The van der Waals surface area contributed by atoms with Gasteiger partial charge in [0.25, 0.3) is 0 Å². The van der Waals surface area contributed by atoms with Gasteiger partial charge in [-0.2, -0.15) is 0 Å². The molecule has 0 saturated heterocycles. The Labute approximate surface area is 87.5 Å². The van der Waals surface area contributed by atoms with E-state index in [-0.39, 0.29) is 0 Å². The number of hydrogen-bond acceptors (Lipinski definition) is 4. The zero-order valence-electron chi connectivity index (χ0n) is 7.82. The zero-order valence-corrected chi connectivity index (χ0v) is 9.39. The van der Waals surface area contributed by atoms with Crippen molar-refractivity contribution >= 4 is 21.6 Å². The third kappa shape index (κ3) is 2.97. The lowest BCUT2D eigenvalue weighted by atomic mass is 10.4. The summed E-state index contributed by atoms with van der Waals surface area (Å²) in [4.78, 5) is 3.90. The lowest BCUT2D eigenvalue weighted by Crippen LogP contribution is -2.27. The summed E-state index contributed by atoms with van der Waals surface area (Å²) in [7, 11) is -3.44. The van der Waals surface area contributed by atoms with Crippen LogP contribution in [0.5, 0.6) is 0 Å². The highest BCUT2D eigenvalue weighted by molar-refractivity contribution is 7.90. The molecule has 80 valence electrons. The Kier molecular flexibility index (Phi) is 3.52. The first kappa shape index (κ1) is 11.5. The number of oxazole rings is 1. The van der Waals surface area contributed by atoms with Gasteiger partial charge in [0.2, 0.25) is 15.9 Å². The van der Waals surface area contributed by atoms with E-state index in [9.17, 15) is 8.42 Å². The van der Waals surface area contributed by atoms with Crippen molar-refractivity contribution in [3.05, 3.63) is 17.8 Å². The molecule has 1 atom stereocenters. The summed E-state index contributed by atoms with van der Waals surface area (Å²) in [5, 5.41) is -0.475. The van der Waals surface area contributed by atoms with E-state index in [0.717, 1.165) is 0 Å². The van der Waals surface area contributed by atoms with E-state index in [2.05, 4.69) is 9.71 Å². The largest absolute Gasteiger partial charge is 0.444 e. The van der Waals surface area contributed by atoms with Crippen molar-refractivity contribution in [2.24, 2.45) is 0 Å². The van der Waals surface area contributed by atoms with Gasteiger partial charge >= 0.3 is 0 Å². The molecule has 0 spiro atoms. The van der Waals surface area contributed by atoms with E-state index in [1.807, 2.05) is 0 Å². The van der Waals surface area contributed by atoms with Crippen LogP contribution in [0.25, 0.3) is 0 Å². The number of nitrogens with zero attached hydrogens (tertiary/aromatic N) is 1. The molecular formula is C7H11ClN2O3S. The Morgan fingerprint density at radius 1 is 1.71 bits per heavy atom. The van der Waals surface area contributed by atoms with Gasteiger partial charge in [0, 0.05) is 0 Å². The predicted molar refractivity (Wildman–Crippen MR) is 52.4 cm³/mol. The van der Waals surface area contributed by atoms with E-state index in [1.54, 1.807) is 13.8 Å². The van der Waals surface area contributed by atoms with Gasteiger partial charge < -0.3 is 4.42 Å². The monoisotopic (exact) mass is 238 g/mol. The highest BCUT2D eigenvalue weighted by Crippen LogP contribution is 2.13. The summed E-state index contributed by atoms with van der Waals surface area (Å²) in [5.41, 5.74) is 0. The summed E-state index contributed by atoms with van der Waals surface area (Å²) in [5.74, 6) is 0.966. The molecular weight excluding hydrogens is 228 g/mol. The van der Waals surface area contributed by atoms with Crippen LogP contribution >= 0.6 is 11.6 Å². The first-order valence-electron chi connectivity index (χ1n) is 3.93. The molecule has 5 nitrogen and oxygen atoms in total. The number of halogens is 1. The number of aryl methyl sites for hydroxylation is 1. The minimum atomic E-state index is -3.44. The second kappa shape index (κ2) is 4.29. The van der Waals surface area contributed by atoms with Gasteiger partial charge in [0.1, 0.15) is 11.0 Å². The molecule has 0 radical (unpaired) electrons. The van der Waals surface area contributed by atoms with Gasteiger partial charge in [-0.1, -0.05) is 0 Å². The lowest BCUT2D eigenvalue weighted by Gasteiger charge is -2.08. The minimum Gasteiger partial charge on any atom is -0.444 e. The molecule has 0 aliphatic heterocycles. The van der Waals surface area contributed by atoms with Crippen LogP contribution in [0.1, 0.15) is 24.6 Å². The van der Waals surface area contributed by atoms with Gasteiger partial charge in [0.05, 0.1) is 12.2 Å². The normalized spacial score (nSPS) is 14.2. The van der Waals surface area contributed by atoms with E-state index < -0.39 is 21.3 Å². The Morgan fingerprint density at radius 2 is 2.36 bits per heavy atom. The number of aromatic nitrogens is 1. The molecule has 0 amide bonds. The fraction of sp³-hybridized carbons (Fsp3) is 0.571. The van der Waals surface area contributed by atoms with Crippen molar-refractivity contribution in [1.82, 2.24) is 9.71 Å². The Morgan fingerprint density at radius 3 is 2.79 bits per heavy atom. The summed E-state index contributed by atoms with van der Waals surface area (Å²) in [6.07, 6.45) is 1.53. The van der Waals surface area contributed by atoms with Crippen LogP contribution in [-0.2, 0) is 10.0 Å². The van der Waals surface area contributed by atoms with Crippen molar-refractivity contribution in [3.8, 4) is 0 Å². The first-order valence-corrected chi connectivity index (χ1v) is 6.11. The number of nitrogens with one attached hydrogen (secondary N) is 1. The number of alkyl halides is 1. The Balaban J connectivity index is 2.73. The quantitative estimate of drug-likeness (QED) is 0.799. The maximum absolute atomic E-state index is 11.1. The number of rotatable bonds is 4. The Bertz CT molecular complexity index is 401. The average molecular weight is 239 g/mol. The van der Waals surface area contributed by atoms with Crippen LogP contribution in [0.2, 0.25) is 0 Å². The fourth-order valence-electron chi connectivity index (χ4n) is 0.924. The molecule has 0 aromatic carbocycles. The van der Waals surface area contributed by atoms with E-state index in [0.29, 0.717) is 11.7 Å². The van der Waals surface area contributed by atoms with Gasteiger partial charge in [0.15, 0.2) is 0 Å². The summed E-state index contributed by atoms with van der Waals surface area (Å²) in [6, 6.07) is -0.507. The zero-order chi connectivity index (χ0) is 10.8. The molecule has 7 heteroatoms. The maximum Gasteiger partial charge on any atom is 0.226 e. The molecule has 1 aromatic rings. The van der Waals surface area contributed by atoms with Crippen molar-refractivity contribution < 1.29 is 12.8 Å². The molecule has 1 heterocycles. The topological polar surface area (TPSA) is 72.2 Å². The molecule has 0 aliphatic carbocycles. The van der Waals surface area contributed by atoms with E-state index >= 15 is 0 Å². The minimum absolute atomic E-state index is 0.330. The molecule has 0 saturated carbocycles. The van der Waals surface area contributed by atoms with Crippen LogP contribution in [-0.4, -0.2) is 18.6 Å². The highest BCUT2D eigenvalue weighted by Gasteiger charge is 2.17. The second-order valence-electron chi connectivity index (χ2n) is 2.87. The third-order valence-electron chi connectivity index (χ3n) is 1.51. The second-order valence-corrected chi connectivity index (χ2v) is 5.21. The molecule has 0 aliphatic rings. The van der Waals surface area contributed by atoms with E-state index in [4.69, 9.17) is 16.0 Å². The molecule has 1 aromatic heterocycles. The molecule has 1 rings (SSSR count). The van der Waals surface area contributed by atoms with Crippen LogP contribution in [0.4, 0.5) is 0 Å². The molecule has 14 heavy (non-hydrogen) atoms. The SMILES string of the molecule is Cc1cnc(C(C)NS(=O)(=O)CCl)o1. The van der Waals surface area contributed by atoms with Crippen molar-refractivity contribution in [2.45, 2.75) is 19.9 Å². The lowest BCUT2D eigenvalue weighted by molar-refractivity contribution is 0.428. The fourth-order valence-corrected chi connectivity index (χ4v) is 1.82. The summed E-state index contributed by atoms with van der Waals surface area (Å²) < 4.78 is 29.6.